The number of Topliss-reactive ketones (excluding diaryl/α,β-unsaturated/α-hetero) is 1. The molecule has 1 aliphatic rings. The number of ketones is 1. The lowest BCUT2D eigenvalue weighted by molar-refractivity contribution is -0.115. The topological polar surface area (TPSA) is 17.1 Å². The zero-order valence-corrected chi connectivity index (χ0v) is 13.2. The molecule has 1 fully saturated rings. The van der Waals surface area contributed by atoms with Crippen molar-refractivity contribution in [2.75, 3.05) is 0 Å². The SMILES string of the molecule is C=CC=C1CCCCCCCCCCCCCCC1=O. The summed E-state index contributed by atoms with van der Waals surface area (Å²) >= 11 is 0. The van der Waals surface area contributed by atoms with Crippen LogP contribution < -0.4 is 0 Å². The highest BCUT2D eigenvalue weighted by atomic mass is 16.1. The van der Waals surface area contributed by atoms with Gasteiger partial charge >= 0.3 is 0 Å². The van der Waals surface area contributed by atoms with E-state index in [0.717, 1.165) is 31.3 Å². The lowest BCUT2D eigenvalue weighted by Crippen LogP contribution is -2.03. The number of allylic oxidation sites excluding steroid dienone is 3. The lowest BCUT2D eigenvalue weighted by atomic mass is 9.97. The summed E-state index contributed by atoms with van der Waals surface area (Å²) in [6, 6.07) is 0. The Morgan fingerprint density at radius 3 is 1.50 bits per heavy atom. The first kappa shape index (κ1) is 17.2. The van der Waals surface area contributed by atoms with Crippen molar-refractivity contribution in [2.24, 2.45) is 0 Å². The predicted octanol–water partition coefficient (Wildman–Crippen LogP) is 6.14. The van der Waals surface area contributed by atoms with Crippen molar-refractivity contribution in [2.45, 2.75) is 89.9 Å². The summed E-state index contributed by atoms with van der Waals surface area (Å²) in [5.74, 6) is 0.358. The molecule has 0 atom stereocenters. The van der Waals surface area contributed by atoms with Gasteiger partial charge in [-0.3, -0.25) is 4.79 Å². The van der Waals surface area contributed by atoms with Crippen LogP contribution in [0.1, 0.15) is 89.9 Å². The summed E-state index contributed by atoms with van der Waals surface area (Å²) < 4.78 is 0. The summed E-state index contributed by atoms with van der Waals surface area (Å²) in [6.07, 6.45) is 21.0. The van der Waals surface area contributed by atoms with Crippen LogP contribution in [0, 0.1) is 0 Å². The number of carbonyl (C=O) groups is 1. The third-order valence-electron chi connectivity index (χ3n) is 4.28. The summed E-state index contributed by atoms with van der Waals surface area (Å²) in [7, 11) is 0. The smallest absolute Gasteiger partial charge is 0.158 e. The fraction of sp³-hybridized carbons (Fsp3) is 0.737. The summed E-state index contributed by atoms with van der Waals surface area (Å²) in [5, 5.41) is 0. The first-order chi connectivity index (χ1) is 9.84. The molecule has 0 aromatic heterocycles. The second-order valence-electron chi connectivity index (χ2n) is 6.09. The maximum atomic E-state index is 12.2. The standard InChI is InChI=1S/C19H32O/c1-2-15-18-16-13-11-9-7-5-3-4-6-8-10-12-14-17-19(18)20/h2,15H,1,3-14,16-17H2. The quantitative estimate of drug-likeness (QED) is 0.525. The molecule has 0 radical (unpaired) electrons. The molecule has 0 amide bonds. The Bertz CT molecular complexity index is 301. The van der Waals surface area contributed by atoms with Crippen molar-refractivity contribution in [1.82, 2.24) is 0 Å². The van der Waals surface area contributed by atoms with E-state index >= 15 is 0 Å². The van der Waals surface area contributed by atoms with Gasteiger partial charge in [-0.2, -0.15) is 0 Å². The Kier molecular flexibility index (Phi) is 10.3. The molecule has 0 spiro atoms. The van der Waals surface area contributed by atoms with Gasteiger partial charge in [0.25, 0.3) is 0 Å². The number of carbonyl (C=O) groups excluding carboxylic acids is 1. The molecule has 114 valence electrons. The van der Waals surface area contributed by atoms with Crippen LogP contribution in [-0.2, 0) is 4.79 Å². The minimum atomic E-state index is 0.358. The van der Waals surface area contributed by atoms with E-state index in [1.54, 1.807) is 6.08 Å². The molecule has 1 aliphatic carbocycles. The van der Waals surface area contributed by atoms with Crippen LogP contribution in [0.2, 0.25) is 0 Å². The molecule has 0 bridgehead atoms. The average molecular weight is 276 g/mol. The van der Waals surface area contributed by atoms with Crippen LogP contribution in [0.15, 0.2) is 24.3 Å². The number of hydrogen-bond acceptors (Lipinski definition) is 1. The fourth-order valence-electron chi connectivity index (χ4n) is 2.99. The van der Waals surface area contributed by atoms with Crippen molar-refractivity contribution in [3.8, 4) is 0 Å². The van der Waals surface area contributed by atoms with Crippen molar-refractivity contribution < 1.29 is 4.79 Å². The van der Waals surface area contributed by atoms with E-state index in [1.807, 2.05) is 6.08 Å². The largest absolute Gasteiger partial charge is 0.295 e. The van der Waals surface area contributed by atoms with Crippen molar-refractivity contribution in [3.05, 3.63) is 24.3 Å². The van der Waals surface area contributed by atoms with E-state index in [1.165, 1.54) is 64.2 Å². The zero-order chi connectivity index (χ0) is 14.5. The number of hydrogen-bond donors (Lipinski definition) is 0. The van der Waals surface area contributed by atoms with Crippen LogP contribution in [0.5, 0.6) is 0 Å². The highest BCUT2D eigenvalue weighted by molar-refractivity contribution is 5.95. The van der Waals surface area contributed by atoms with E-state index in [-0.39, 0.29) is 0 Å². The van der Waals surface area contributed by atoms with Crippen LogP contribution in [0.4, 0.5) is 0 Å². The maximum absolute atomic E-state index is 12.2. The van der Waals surface area contributed by atoms with Crippen molar-refractivity contribution in [3.63, 3.8) is 0 Å². The van der Waals surface area contributed by atoms with Crippen LogP contribution in [0.25, 0.3) is 0 Å². The molecule has 1 nitrogen and oxygen atoms in total. The Hall–Kier alpha value is -0.850. The minimum Gasteiger partial charge on any atom is -0.295 e. The Balaban J connectivity index is 2.41. The van der Waals surface area contributed by atoms with Gasteiger partial charge in [-0.05, 0) is 24.8 Å². The zero-order valence-electron chi connectivity index (χ0n) is 13.2. The second-order valence-corrected chi connectivity index (χ2v) is 6.09. The summed E-state index contributed by atoms with van der Waals surface area (Å²) in [6.45, 7) is 3.74. The molecule has 20 heavy (non-hydrogen) atoms. The van der Waals surface area contributed by atoms with Gasteiger partial charge in [-0.1, -0.05) is 82.9 Å². The molecule has 1 saturated carbocycles. The van der Waals surface area contributed by atoms with Gasteiger partial charge in [0.2, 0.25) is 0 Å². The van der Waals surface area contributed by atoms with E-state index in [4.69, 9.17) is 0 Å². The number of rotatable bonds is 1. The normalized spacial score (nSPS) is 23.6. The molecule has 0 saturated heterocycles. The van der Waals surface area contributed by atoms with Crippen molar-refractivity contribution >= 4 is 5.78 Å². The van der Waals surface area contributed by atoms with Crippen LogP contribution in [-0.4, -0.2) is 5.78 Å². The van der Waals surface area contributed by atoms with Gasteiger partial charge in [-0.25, -0.2) is 0 Å². The molecule has 0 aromatic carbocycles. The van der Waals surface area contributed by atoms with Crippen molar-refractivity contribution in [1.29, 1.82) is 0 Å². The molecule has 0 aliphatic heterocycles. The first-order valence-electron chi connectivity index (χ1n) is 8.69. The van der Waals surface area contributed by atoms with E-state index in [9.17, 15) is 4.79 Å². The molecule has 0 N–H and O–H groups in total. The summed E-state index contributed by atoms with van der Waals surface area (Å²) in [4.78, 5) is 12.2. The van der Waals surface area contributed by atoms with Gasteiger partial charge in [0.05, 0.1) is 0 Å². The molecule has 0 unspecified atom stereocenters. The van der Waals surface area contributed by atoms with Crippen LogP contribution in [0.3, 0.4) is 0 Å². The van der Waals surface area contributed by atoms with Gasteiger partial charge < -0.3 is 0 Å². The average Bonchev–Trinajstić information content (AvgIpc) is 2.45. The van der Waals surface area contributed by atoms with Gasteiger partial charge in [0, 0.05) is 6.42 Å². The third-order valence-corrected chi connectivity index (χ3v) is 4.28. The highest BCUT2D eigenvalue weighted by Gasteiger charge is 2.08. The Labute approximate surface area is 125 Å². The Morgan fingerprint density at radius 2 is 1.05 bits per heavy atom. The lowest BCUT2D eigenvalue weighted by Gasteiger charge is -2.08. The van der Waals surface area contributed by atoms with Crippen LogP contribution >= 0.6 is 0 Å². The Morgan fingerprint density at radius 1 is 0.650 bits per heavy atom. The van der Waals surface area contributed by atoms with Gasteiger partial charge in [0.1, 0.15) is 0 Å². The molecule has 1 rings (SSSR count). The fourth-order valence-corrected chi connectivity index (χ4v) is 2.99. The second kappa shape index (κ2) is 11.9. The summed E-state index contributed by atoms with van der Waals surface area (Å²) in [5.41, 5.74) is 1.01. The molecular formula is C19H32O. The van der Waals surface area contributed by atoms with Gasteiger partial charge in [0.15, 0.2) is 5.78 Å². The first-order valence-corrected chi connectivity index (χ1v) is 8.69. The van der Waals surface area contributed by atoms with Gasteiger partial charge in [-0.15, -0.1) is 0 Å². The monoisotopic (exact) mass is 276 g/mol. The molecule has 0 aromatic rings. The van der Waals surface area contributed by atoms with E-state index < -0.39 is 0 Å². The molecule has 0 heterocycles. The molecule has 1 heteroatoms. The highest BCUT2D eigenvalue weighted by Crippen LogP contribution is 2.18. The van der Waals surface area contributed by atoms with E-state index in [2.05, 4.69) is 6.58 Å². The predicted molar refractivity (Wildman–Crippen MR) is 87.9 cm³/mol. The minimum absolute atomic E-state index is 0.358. The maximum Gasteiger partial charge on any atom is 0.158 e. The third kappa shape index (κ3) is 8.35. The van der Waals surface area contributed by atoms with E-state index in [0.29, 0.717) is 5.78 Å². The molecular weight excluding hydrogens is 244 g/mol.